The van der Waals surface area contributed by atoms with Crippen LogP contribution >= 0.6 is 11.6 Å². The van der Waals surface area contributed by atoms with E-state index in [4.69, 9.17) is 11.6 Å². The molecule has 0 aliphatic rings. The molecule has 0 N–H and O–H groups in total. The molecule has 0 bridgehead atoms. The Morgan fingerprint density at radius 1 is 1.46 bits per heavy atom. The van der Waals surface area contributed by atoms with Gasteiger partial charge in [-0.1, -0.05) is 11.6 Å². The Bertz CT molecular complexity index is 338. The maximum absolute atomic E-state index is 12.9. The maximum Gasteiger partial charge on any atom is 0.253 e. The molecule has 1 aromatic carbocycles. The highest BCUT2D eigenvalue weighted by molar-refractivity contribution is 6.30. The van der Waals surface area contributed by atoms with Gasteiger partial charge in [-0.15, -0.1) is 0 Å². The Hall–Kier alpha value is -1.09. The molecular formula is C9H9ClFNO. The quantitative estimate of drug-likeness (QED) is 0.682. The third-order valence-electron chi connectivity index (χ3n) is 1.57. The van der Waals surface area contributed by atoms with Gasteiger partial charge in [-0.05, 0) is 18.2 Å². The second-order valence-electron chi connectivity index (χ2n) is 2.83. The molecule has 1 aromatic rings. The summed E-state index contributed by atoms with van der Waals surface area (Å²) in [6, 6.07) is 3.99. The summed E-state index contributed by atoms with van der Waals surface area (Å²) in [5.74, 6) is -0.815. The predicted molar refractivity (Wildman–Crippen MR) is 49.4 cm³/mol. The Kier molecular flexibility index (Phi) is 2.88. The lowest BCUT2D eigenvalue weighted by atomic mass is 10.2. The van der Waals surface area contributed by atoms with Crippen molar-refractivity contribution >= 4 is 17.5 Å². The van der Waals surface area contributed by atoms with E-state index in [-0.39, 0.29) is 10.9 Å². The van der Waals surface area contributed by atoms with Crippen molar-refractivity contribution in [2.45, 2.75) is 0 Å². The molecule has 0 unspecified atom stereocenters. The number of hydrogen-bond acceptors (Lipinski definition) is 1. The summed E-state index contributed by atoms with van der Waals surface area (Å²) in [6.07, 6.45) is 0. The molecule has 2 nitrogen and oxygen atoms in total. The summed E-state index contributed by atoms with van der Waals surface area (Å²) in [7, 11) is 3.21. The highest BCUT2D eigenvalue weighted by atomic mass is 35.5. The van der Waals surface area contributed by atoms with Crippen molar-refractivity contribution in [1.29, 1.82) is 0 Å². The van der Waals surface area contributed by atoms with Gasteiger partial charge in [0.1, 0.15) is 5.82 Å². The number of rotatable bonds is 1. The SMILES string of the molecule is CN(C)C(=O)c1ccc(Cl)c(F)c1. The van der Waals surface area contributed by atoms with E-state index < -0.39 is 5.82 Å². The van der Waals surface area contributed by atoms with Crippen molar-refractivity contribution in [3.05, 3.63) is 34.6 Å². The van der Waals surface area contributed by atoms with Crippen LogP contribution in [0.4, 0.5) is 4.39 Å². The average Bonchev–Trinajstić information content (AvgIpc) is 2.08. The van der Waals surface area contributed by atoms with Crippen LogP contribution in [-0.4, -0.2) is 24.9 Å². The van der Waals surface area contributed by atoms with Gasteiger partial charge in [0.15, 0.2) is 0 Å². The van der Waals surface area contributed by atoms with E-state index in [0.717, 1.165) is 6.07 Å². The van der Waals surface area contributed by atoms with Crippen LogP contribution in [0.5, 0.6) is 0 Å². The summed E-state index contributed by atoms with van der Waals surface area (Å²) in [6.45, 7) is 0. The smallest absolute Gasteiger partial charge is 0.253 e. The molecule has 0 aliphatic heterocycles. The molecule has 0 heterocycles. The van der Waals surface area contributed by atoms with Crippen LogP contribution in [0.2, 0.25) is 5.02 Å². The number of carbonyl (C=O) groups excluding carboxylic acids is 1. The molecule has 0 radical (unpaired) electrons. The monoisotopic (exact) mass is 201 g/mol. The van der Waals surface area contributed by atoms with Gasteiger partial charge in [-0.25, -0.2) is 4.39 Å². The minimum absolute atomic E-state index is 0.0234. The van der Waals surface area contributed by atoms with E-state index in [9.17, 15) is 9.18 Å². The van der Waals surface area contributed by atoms with Crippen LogP contribution in [-0.2, 0) is 0 Å². The molecule has 1 rings (SSSR count). The van der Waals surface area contributed by atoms with Gasteiger partial charge in [-0.3, -0.25) is 4.79 Å². The van der Waals surface area contributed by atoms with Gasteiger partial charge in [0.25, 0.3) is 5.91 Å². The highest BCUT2D eigenvalue weighted by Crippen LogP contribution is 2.16. The normalized spacial score (nSPS) is 9.85. The fraction of sp³-hybridized carbons (Fsp3) is 0.222. The lowest BCUT2D eigenvalue weighted by Gasteiger charge is -2.09. The Balaban J connectivity index is 3.04. The van der Waals surface area contributed by atoms with Crippen LogP contribution in [0.1, 0.15) is 10.4 Å². The third kappa shape index (κ3) is 2.18. The van der Waals surface area contributed by atoms with E-state index in [2.05, 4.69) is 0 Å². The first kappa shape index (κ1) is 9.99. The Morgan fingerprint density at radius 3 is 2.54 bits per heavy atom. The van der Waals surface area contributed by atoms with E-state index in [1.165, 1.54) is 17.0 Å². The molecule has 0 atom stereocenters. The van der Waals surface area contributed by atoms with E-state index in [1.54, 1.807) is 14.1 Å². The molecule has 0 saturated carbocycles. The van der Waals surface area contributed by atoms with Gasteiger partial charge >= 0.3 is 0 Å². The lowest BCUT2D eigenvalue weighted by molar-refractivity contribution is 0.0827. The second kappa shape index (κ2) is 3.75. The molecule has 70 valence electrons. The van der Waals surface area contributed by atoms with Crippen LogP contribution in [0.3, 0.4) is 0 Å². The van der Waals surface area contributed by atoms with Gasteiger partial charge in [0.2, 0.25) is 0 Å². The Morgan fingerprint density at radius 2 is 2.08 bits per heavy atom. The maximum atomic E-state index is 12.9. The number of benzene rings is 1. The first-order chi connectivity index (χ1) is 6.02. The molecule has 0 aromatic heterocycles. The lowest BCUT2D eigenvalue weighted by Crippen LogP contribution is -2.21. The molecule has 0 spiro atoms. The van der Waals surface area contributed by atoms with Crippen molar-refractivity contribution in [1.82, 2.24) is 4.90 Å². The molecule has 4 heteroatoms. The van der Waals surface area contributed by atoms with Crippen molar-refractivity contribution in [2.75, 3.05) is 14.1 Å². The summed E-state index contributed by atoms with van der Waals surface area (Å²) in [5, 5.41) is 0.0234. The minimum Gasteiger partial charge on any atom is -0.345 e. The second-order valence-corrected chi connectivity index (χ2v) is 3.24. The zero-order chi connectivity index (χ0) is 10.0. The molecular weight excluding hydrogens is 193 g/mol. The average molecular weight is 202 g/mol. The summed E-state index contributed by atoms with van der Waals surface area (Å²) < 4.78 is 12.9. The van der Waals surface area contributed by atoms with Crippen molar-refractivity contribution in [2.24, 2.45) is 0 Å². The fourth-order valence-electron chi connectivity index (χ4n) is 0.887. The minimum atomic E-state index is -0.575. The van der Waals surface area contributed by atoms with Crippen LogP contribution in [0.15, 0.2) is 18.2 Å². The van der Waals surface area contributed by atoms with Crippen molar-refractivity contribution < 1.29 is 9.18 Å². The number of hydrogen-bond donors (Lipinski definition) is 0. The van der Waals surface area contributed by atoms with Crippen molar-refractivity contribution in [3.63, 3.8) is 0 Å². The van der Waals surface area contributed by atoms with Gasteiger partial charge < -0.3 is 4.90 Å². The summed E-state index contributed by atoms with van der Waals surface area (Å²) >= 11 is 5.47. The fourth-order valence-corrected chi connectivity index (χ4v) is 1.00. The molecule has 13 heavy (non-hydrogen) atoms. The van der Waals surface area contributed by atoms with Crippen LogP contribution in [0, 0.1) is 5.82 Å². The standard InChI is InChI=1S/C9H9ClFNO/c1-12(2)9(13)6-3-4-7(10)8(11)5-6/h3-5H,1-2H3. The zero-order valence-corrected chi connectivity index (χ0v) is 8.10. The van der Waals surface area contributed by atoms with Gasteiger partial charge in [0.05, 0.1) is 5.02 Å². The van der Waals surface area contributed by atoms with Gasteiger partial charge in [-0.2, -0.15) is 0 Å². The van der Waals surface area contributed by atoms with E-state index in [1.807, 2.05) is 0 Å². The number of nitrogens with zero attached hydrogens (tertiary/aromatic N) is 1. The Labute approximate surface area is 80.9 Å². The third-order valence-corrected chi connectivity index (χ3v) is 1.88. The number of halogens is 2. The van der Waals surface area contributed by atoms with Crippen LogP contribution < -0.4 is 0 Å². The van der Waals surface area contributed by atoms with E-state index in [0.29, 0.717) is 5.56 Å². The largest absolute Gasteiger partial charge is 0.345 e. The molecule has 1 amide bonds. The first-order valence-corrected chi connectivity index (χ1v) is 4.07. The highest BCUT2D eigenvalue weighted by Gasteiger charge is 2.09. The summed E-state index contributed by atoms with van der Waals surface area (Å²) in [5.41, 5.74) is 0.298. The topological polar surface area (TPSA) is 20.3 Å². The van der Waals surface area contributed by atoms with Crippen molar-refractivity contribution in [3.8, 4) is 0 Å². The molecule has 0 saturated heterocycles. The predicted octanol–water partition coefficient (Wildman–Crippen LogP) is 2.18. The van der Waals surface area contributed by atoms with Gasteiger partial charge in [0, 0.05) is 19.7 Å². The van der Waals surface area contributed by atoms with E-state index >= 15 is 0 Å². The molecule has 0 aliphatic carbocycles. The summed E-state index contributed by atoms with van der Waals surface area (Å²) in [4.78, 5) is 12.7. The first-order valence-electron chi connectivity index (χ1n) is 3.69. The zero-order valence-electron chi connectivity index (χ0n) is 7.34. The van der Waals surface area contributed by atoms with Crippen LogP contribution in [0.25, 0.3) is 0 Å². The molecule has 0 fully saturated rings. The number of amides is 1. The number of carbonyl (C=O) groups is 1.